The Hall–Kier alpha value is -1.06. The highest BCUT2D eigenvalue weighted by Gasteiger charge is 2.48. The van der Waals surface area contributed by atoms with E-state index in [4.69, 9.17) is 0 Å². The molecule has 3 aliphatic rings. The highest BCUT2D eigenvalue weighted by Crippen LogP contribution is 2.34. The molecule has 0 aromatic heterocycles. The summed E-state index contributed by atoms with van der Waals surface area (Å²) < 4.78 is 0. The number of nitrogens with zero attached hydrogens (tertiary/aromatic N) is 2. The molecular formula is C17H28N2O2. The van der Waals surface area contributed by atoms with Crippen molar-refractivity contribution in [2.45, 2.75) is 83.3 Å². The van der Waals surface area contributed by atoms with Crippen LogP contribution in [-0.4, -0.2) is 46.3 Å². The molecular weight excluding hydrogens is 264 g/mol. The molecule has 0 N–H and O–H groups in total. The van der Waals surface area contributed by atoms with E-state index in [0.29, 0.717) is 12.0 Å². The number of piperazine rings is 1. The van der Waals surface area contributed by atoms with Crippen LogP contribution in [0.25, 0.3) is 0 Å². The Bertz CT molecular complexity index is 423. The normalized spacial score (nSPS) is 37.6. The van der Waals surface area contributed by atoms with Gasteiger partial charge in [0.1, 0.15) is 12.1 Å². The fraction of sp³-hybridized carbons (Fsp3) is 0.882. The van der Waals surface area contributed by atoms with E-state index in [-0.39, 0.29) is 23.9 Å². The molecule has 0 aromatic rings. The van der Waals surface area contributed by atoms with Crippen LogP contribution in [0, 0.1) is 5.92 Å². The van der Waals surface area contributed by atoms with Crippen molar-refractivity contribution >= 4 is 11.8 Å². The quantitative estimate of drug-likeness (QED) is 0.785. The van der Waals surface area contributed by atoms with Gasteiger partial charge in [0.2, 0.25) is 11.8 Å². The van der Waals surface area contributed by atoms with Crippen LogP contribution in [0.2, 0.25) is 0 Å². The number of piperidine rings is 1. The lowest BCUT2D eigenvalue weighted by molar-refractivity contribution is -0.167. The summed E-state index contributed by atoms with van der Waals surface area (Å²) in [7, 11) is 0. The van der Waals surface area contributed by atoms with E-state index in [1.807, 2.05) is 16.7 Å². The van der Waals surface area contributed by atoms with Gasteiger partial charge in [0.25, 0.3) is 0 Å². The Morgan fingerprint density at radius 2 is 1.86 bits per heavy atom. The Balaban J connectivity index is 1.86. The lowest BCUT2D eigenvalue weighted by Gasteiger charge is -2.50. The van der Waals surface area contributed by atoms with Crippen LogP contribution in [0.1, 0.15) is 65.2 Å². The number of carbonyl (C=O) groups excluding carboxylic acids is 2. The fourth-order valence-corrected chi connectivity index (χ4v) is 4.55. The van der Waals surface area contributed by atoms with Gasteiger partial charge in [0.05, 0.1) is 0 Å². The number of hydrogen-bond acceptors (Lipinski definition) is 2. The zero-order valence-electron chi connectivity index (χ0n) is 13.4. The number of fused-ring (bicyclic) bond motifs is 1. The standard InChI is InChI=1S/C17H28N2O2/c1-3-14-16(20)18-10-5-4-9-15(18)17(21)19(14)13-8-6-7-12(2)11-13/h12-15H,3-11H2,1-2H3. The van der Waals surface area contributed by atoms with Crippen LogP contribution in [0.4, 0.5) is 0 Å². The summed E-state index contributed by atoms with van der Waals surface area (Å²) in [6.07, 6.45) is 8.33. The Morgan fingerprint density at radius 3 is 2.57 bits per heavy atom. The van der Waals surface area contributed by atoms with E-state index < -0.39 is 0 Å². The summed E-state index contributed by atoms with van der Waals surface area (Å²) in [6.45, 7) is 5.09. The summed E-state index contributed by atoms with van der Waals surface area (Å²) in [5.74, 6) is 1.12. The van der Waals surface area contributed by atoms with E-state index in [1.54, 1.807) is 0 Å². The zero-order chi connectivity index (χ0) is 15.0. The first-order valence-electron chi connectivity index (χ1n) is 8.76. The first-order valence-corrected chi connectivity index (χ1v) is 8.76. The summed E-state index contributed by atoms with van der Waals surface area (Å²) in [5.41, 5.74) is 0. The highest BCUT2D eigenvalue weighted by molar-refractivity contribution is 5.97. The van der Waals surface area contributed by atoms with Gasteiger partial charge in [-0.05, 0) is 44.4 Å². The van der Waals surface area contributed by atoms with E-state index in [0.717, 1.165) is 45.1 Å². The number of hydrogen-bond donors (Lipinski definition) is 0. The monoisotopic (exact) mass is 292 g/mol. The largest absolute Gasteiger partial charge is 0.329 e. The van der Waals surface area contributed by atoms with Crippen LogP contribution in [0.15, 0.2) is 0 Å². The molecule has 1 aliphatic carbocycles. The van der Waals surface area contributed by atoms with Gasteiger partial charge >= 0.3 is 0 Å². The van der Waals surface area contributed by atoms with Crippen molar-refractivity contribution in [1.82, 2.24) is 9.80 Å². The van der Waals surface area contributed by atoms with Gasteiger partial charge in [0.15, 0.2) is 0 Å². The van der Waals surface area contributed by atoms with Gasteiger partial charge in [-0.3, -0.25) is 9.59 Å². The molecule has 2 saturated heterocycles. The SMILES string of the molecule is CCC1C(=O)N2CCCCC2C(=O)N1C1CCCC(C)C1. The van der Waals surface area contributed by atoms with E-state index in [9.17, 15) is 9.59 Å². The second-order valence-corrected chi connectivity index (χ2v) is 7.14. The van der Waals surface area contributed by atoms with Gasteiger partial charge in [0, 0.05) is 12.6 Å². The van der Waals surface area contributed by atoms with E-state index in [2.05, 4.69) is 6.92 Å². The minimum atomic E-state index is -0.206. The summed E-state index contributed by atoms with van der Waals surface area (Å²) >= 11 is 0. The van der Waals surface area contributed by atoms with Crippen molar-refractivity contribution in [3.63, 3.8) is 0 Å². The molecule has 4 atom stereocenters. The molecule has 2 heterocycles. The highest BCUT2D eigenvalue weighted by atomic mass is 16.2. The van der Waals surface area contributed by atoms with Crippen LogP contribution in [0.3, 0.4) is 0 Å². The third kappa shape index (κ3) is 2.58. The maximum Gasteiger partial charge on any atom is 0.246 e. The molecule has 0 radical (unpaired) electrons. The Kier molecular flexibility index (Phi) is 4.23. The molecule has 3 rings (SSSR count). The van der Waals surface area contributed by atoms with Gasteiger partial charge in [-0.2, -0.15) is 0 Å². The molecule has 2 aliphatic heterocycles. The van der Waals surface area contributed by atoms with E-state index >= 15 is 0 Å². The maximum atomic E-state index is 13.0. The predicted molar refractivity (Wildman–Crippen MR) is 81.7 cm³/mol. The van der Waals surface area contributed by atoms with Gasteiger partial charge in [-0.15, -0.1) is 0 Å². The third-order valence-corrected chi connectivity index (χ3v) is 5.64. The third-order valence-electron chi connectivity index (χ3n) is 5.64. The molecule has 0 spiro atoms. The van der Waals surface area contributed by atoms with Crippen LogP contribution in [-0.2, 0) is 9.59 Å². The maximum absolute atomic E-state index is 13.0. The van der Waals surface area contributed by atoms with E-state index in [1.165, 1.54) is 12.8 Å². The molecule has 3 fully saturated rings. The van der Waals surface area contributed by atoms with Crippen LogP contribution in [0.5, 0.6) is 0 Å². The van der Waals surface area contributed by atoms with Crippen molar-refractivity contribution in [1.29, 1.82) is 0 Å². The Morgan fingerprint density at radius 1 is 1.05 bits per heavy atom. The first kappa shape index (κ1) is 14.9. The lowest BCUT2D eigenvalue weighted by atomic mass is 9.83. The molecule has 4 nitrogen and oxygen atoms in total. The molecule has 0 bridgehead atoms. The minimum absolute atomic E-state index is 0.161. The smallest absolute Gasteiger partial charge is 0.246 e. The topological polar surface area (TPSA) is 40.6 Å². The number of rotatable bonds is 2. The lowest BCUT2D eigenvalue weighted by Crippen LogP contribution is -2.67. The molecule has 2 amide bonds. The zero-order valence-corrected chi connectivity index (χ0v) is 13.4. The molecule has 4 heteroatoms. The van der Waals surface area contributed by atoms with Gasteiger partial charge < -0.3 is 9.80 Å². The van der Waals surface area contributed by atoms with Crippen molar-refractivity contribution in [2.24, 2.45) is 5.92 Å². The molecule has 0 aromatic carbocycles. The summed E-state index contributed by atoms with van der Waals surface area (Å²) in [6, 6.07) is -0.0762. The van der Waals surface area contributed by atoms with Crippen LogP contribution >= 0.6 is 0 Å². The molecule has 118 valence electrons. The average Bonchev–Trinajstić information content (AvgIpc) is 2.50. The molecule has 4 unspecified atom stereocenters. The van der Waals surface area contributed by atoms with Gasteiger partial charge in [-0.1, -0.05) is 26.7 Å². The predicted octanol–water partition coefficient (Wildman–Crippen LogP) is 2.57. The average molecular weight is 292 g/mol. The Labute approximate surface area is 127 Å². The minimum Gasteiger partial charge on any atom is -0.329 e. The second-order valence-electron chi connectivity index (χ2n) is 7.14. The first-order chi connectivity index (χ1) is 10.1. The van der Waals surface area contributed by atoms with Gasteiger partial charge in [-0.25, -0.2) is 0 Å². The number of carbonyl (C=O) groups is 2. The van der Waals surface area contributed by atoms with Crippen molar-refractivity contribution in [3.05, 3.63) is 0 Å². The van der Waals surface area contributed by atoms with Crippen molar-refractivity contribution < 1.29 is 9.59 Å². The fourth-order valence-electron chi connectivity index (χ4n) is 4.55. The summed E-state index contributed by atoms with van der Waals surface area (Å²) in [4.78, 5) is 29.7. The van der Waals surface area contributed by atoms with Crippen molar-refractivity contribution in [2.75, 3.05) is 6.54 Å². The molecule has 1 saturated carbocycles. The van der Waals surface area contributed by atoms with Crippen LogP contribution < -0.4 is 0 Å². The second kappa shape index (κ2) is 5.98. The molecule has 21 heavy (non-hydrogen) atoms. The summed E-state index contributed by atoms with van der Waals surface area (Å²) in [5, 5.41) is 0. The van der Waals surface area contributed by atoms with Crippen molar-refractivity contribution in [3.8, 4) is 0 Å². The number of amides is 2.